The second-order valence-electron chi connectivity index (χ2n) is 14.1. The molecule has 13 atom stereocenters. The van der Waals surface area contributed by atoms with Crippen molar-refractivity contribution in [3.8, 4) is 0 Å². The van der Waals surface area contributed by atoms with Crippen LogP contribution in [0.1, 0.15) is 60.8 Å². The van der Waals surface area contributed by atoms with E-state index in [-0.39, 0.29) is 36.9 Å². The first kappa shape index (κ1) is 36.2. The fraction of sp³-hybridized carbons (Fsp3) is 0.794. The number of aliphatic hydroxyl groups is 5. The first-order valence-electron chi connectivity index (χ1n) is 16.1. The van der Waals surface area contributed by atoms with Gasteiger partial charge in [-0.05, 0) is 51.0 Å². The van der Waals surface area contributed by atoms with E-state index in [0.29, 0.717) is 18.6 Å². The number of rotatable bonds is 11. The van der Waals surface area contributed by atoms with E-state index in [1.54, 1.807) is 27.0 Å². The average Bonchev–Trinajstić information content (AvgIpc) is 3.50. The molecule has 1 saturated heterocycles. The third kappa shape index (κ3) is 7.12. The van der Waals surface area contributed by atoms with Crippen LogP contribution in [0.4, 0.5) is 0 Å². The Morgan fingerprint density at radius 2 is 1.84 bits per heavy atom. The van der Waals surface area contributed by atoms with Crippen molar-refractivity contribution in [3.63, 3.8) is 0 Å². The SMILES string of the molecule is C=CC(C)(C)OC[C@H]1O[C@H](O[C@@H]2C3=C([C@@H](C)CO)C[C@H](OC(C)=O)[C@]3(C)C=C3[C@@H](COC)CC[C@H]3[C@@H](C)[C@H]2O)[C@@H](O)[C@@H](O)[C@@H]1O. The first-order chi connectivity index (χ1) is 21.1. The zero-order valence-corrected chi connectivity index (χ0v) is 27.7. The number of methoxy groups -OCH3 is 1. The number of hydrogen-bond acceptors (Lipinski definition) is 11. The van der Waals surface area contributed by atoms with Gasteiger partial charge in [-0.25, -0.2) is 0 Å². The van der Waals surface area contributed by atoms with E-state index in [0.717, 1.165) is 24.0 Å². The van der Waals surface area contributed by atoms with E-state index in [2.05, 4.69) is 12.7 Å². The van der Waals surface area contributed by atoms with E-state index in [9.17, 15) is 30.3 Å². The summed E-state index contributed by atoms with van der Waals surface area (Å²) in [5, 5.41) is 55.2. The molecular formula is C34H54O11. The minimum Gasteiger partial charge on any atom is -0.461 e. The van der Waals surface area contributed by atoms with Crippen LogP contribution in [-0.2, 0) is 28.5 Å². The number of hydrogen-bond donors (Lipinski definition) is 5. The Labute approximate surface area is 266 Å². The van der Waals surface area contributed by atoms with E-state index < -0.39 is 66.0 Å². The Morgan fingerprint density at radius 1 is 1.16 bits per heavy atom. The minimum absolute atomic E-state index is 0.00573. The van der Waals surface area contributed by atoms with Crippen LogP contribution >= 0.6 is 0 Å². The first-order valence-corrected chi connectivity index (χ1v) is 16.1. The van der Waals surface area contributed by atoms with Crippen LogP contribution < -0.4 is 0 Å². The second kappa shape index (κ2) is 14.2. The molecule has 0 aromatic carbocycles. The molecule has 256 valence electrons. The number of aliphatic hydroxyl groups excluding tert-OH is 5. The highest BCUT2D eigenvalue weighted by Crippen LogP contribution is 2.56. The maximum atomic E-state index is 12.4. The summed E-state index contributed by atoms with van der Waals surface area (Å²) >= 11 is 0. The molecule has 11 heteroatoms. The smallest absolute Gasteiger partial charge is 0.302 e. The lowest BCUT2D eigenvalue weighted by atomic mass is 9.68. The van der Waals surface area contributed by atoms with Crippen molar-refractivity contribution in [3.05, 3.63) is 35.5 Å². The Bertz CT molecular complexity index is 1130. The van der Waals surface area contributed by atoms with Gasteiger partial charge in [-0.3, -0.25) is 4.79 Å². The van der Waals surface area contributed by atoms with E-state index in [1.165, 1.54) is 6.92 Å². The second-order valence-corrected chi connectivity index (χ2v) is 14.1. The molecule has 0 unspecified atom stereocenters. The number of carbonyl (C=O) groups is 1. The topological polar surface area (TPSA) is 164 Å². The summed E-state index contributed by atoms with van der Waals surface area (Å²) in [7, 11) is 1.67. The molecule has 0 bridgehead atoms. The van der Waals surface area contributed by atoms with Crippen LogP contribution in [0.25, 0.3) is 0 Å². The van der Waals surface area contributed by atoms with Crippen LogP contribution in [-0.4, -0.2) is 113 Å². The van der Waals surface area contributed by atoms with Gasteiger partial charge < -0.3 is 49.2 Å². The summed E-state index contributed by atoms with van der Waals surface area (Å²) in [6.45, 7) is 14.7. The lowest BCUT2D eigenvalue weighted by Gasteiger charge is -2.46. The molecule has 1 heterocycles. The molecular weight excluding hydrogens is 584 g/mol. The minimum atomic E-state index is -1.64. The van der Waals surface area contributed by atoms with Gasteiger partial charge in [0.1, 0.15) is 36.6 Å². The average molecular weight is 639 g/mol. The van der Waals surface area contributed by atoms with Gasteiger partial charge in [0.15, 0.2) is 6.29 Å². The number of carbonyl (C=O) groups excluding carboxylic acids is 1. The fourth-order valence-corrected chi connectivity index (χ4v) is 7.68. The highest BCUT2D eigenvalue weighted by Gasteiger charge is 2.56. The summed E-state index contributed by atoms with van der Waals surface area (Å²) in [6, 6.07) is 0. The zero-order valence-electron chi connectivity index (χ0n) is 27.7. The molecule has 4 rings (SSSR count). The molecule has 3 aliphatic carbocycles. The maximum absolute atomic E-state index is 12.4. The van der Waals surface area contributed by atoms with Crippen LogP contribution in [0.2, 0.25) is 0 Å². The van der Waals surface area contributed by atoms with Crippen LogP contribution in [0.5, 0.6) is 0 Å². The fourth-order valence-electron chi connectivity index (χ4n) is 7.68. The van der Waals surface area contributed by atoms with E-state index in [4.69, 9.17) is 23.7 Å². The monoisotopic (exact) mass is 638 g/mol. The molecule has 1 aliphatic heterocycles. The lowest BCUT2D eigenvalue weighted by molar-refractivity contribution is -0.319. The van der Waals surface area contributed by atoms with Gasteiger partial charge in [0.2, 0.25) is 0 Å². The molecule has 0 amide bonds. The Balaban J connectivity index is 1.82. The Morgan fingerprint density at radius 3 is 2.44 bits per heavy atom. The largest absolute Gasteiger partial charge is 0.461 e. The molecule has 4 aliphatic rings. The summed E-state index contributed by atoms with van der Waals surface area (Å²) in [4.78, 5) is 12.4. The van der Waals surface area contributed by atoms with Gasteiger partial charge in [0, 0.05) is 44.3 Å². The van der Waals surface area contributed by atoms with Gasteiger partial charge in [-0.1, -0.05) is 37.1 Å². The van der Waals surface area contributed by atoms with Gasteiger partial charge in [0.05, 0.1) is 24.9 Å². The summed E-state index contributed by atoms with van der Waals surface area (Å²) in [5.41, 5.74) is 0.911. The Hall–Kier alpha value is -1.67. The predicted octanol–water partition coefficient (Wildman–Crippen LogP) is 2.04. The molecule has 45 heavy (non-hydrogen) atoms. The Kier molecular flexibility index (Phi) is 11.4. The van der Waals surface area contributed by atoms with Crippen LogP contribution in [0.3, 0.4) is 0 Å². The highest BCUT2D eigenvalue weighted by molar-refractivity contribution is 5.66. The van der Waals surface area contributed by atoms with Crippen molar-refractivity contribution < 1.29 is 54.0 Å². The molecule has 0 spiro atoms. The van der Waals surface area contributed by atoms with Crippen molar-refractivity contribution in [2.24, 2.45) is 29.1 Å². The molecule has 2 fully saturated rings. The third-order valence-corrected chi connectivity index (χ3v) is 10.6. The number of fused-ring (bicyclic) bond motifs is 2. The number of ether oxygens (including phenoxy) is 5. The van der Waals surface area contributed by atoms with Crippen LogP contribution in [0, 0.1) is 29.1 Å². The zero-order chi connectivity index (χ0) is 33.4. The molecule has 0 aromatic rings. The normalized spacial score (nSPS) is 41.1. The van der Waals surface area contributed by atoms with Gasteiger partial charge in [-0.15, -0.1) is 6.58 Å². The third-order valence-electron chi connectivity index (χ3n) is 10.6. The van der Waals surface area contributed by atoms with Crippen molar-refractivity contribution in [2.75, 3.05) is 26.9 Å². The lowest BCUT2D eigenvalue weighted by Crippen LogP contribution is -2.61. The highest BCUT2D eigenvalue weighted by atomic mass is 16.7. The van der Waals surface area contributed by atoms with Crippen molar-refractivity contribution in [1.82, 2.24) is 0 Å². The number of esters is 1. The molecule has 11 nitrogen and oxygen atoms in total. The summed E-state index contributed by atoms with van der Waals surface area (Å²) in [6.07, 6.45) is -4.23. The molecule has 5 N–H and O–H groups in total. The van der Waals surface area contributed by atoms with Gasteiger partial charge >= 0.3 is 5.97 Å². The van der Waals surface area contributed by atoms with E-state index >= 15 is 0 Å². The molecule has 0 aromatic heterocycles. The van der Waals surface area contributed by atoms with Crippen molar-refractivity contribution in [1.29, 1.82) is 0 Å². The predicted molar refractivity (Wildman–Crippen MR) is 165 cm³/mol. The quantitative estimate of drug-likeness (QED) is 0.166. The molecule has 1 saturated carbocycles. The van der Waals surface area contributed by atoms with E-state index in [1.807, 2.05) is 20.8 Å². The summed E-state index contributed by atoms with van der Waals surface area (Å²) < 4.78 is 30.0. The standard InChI is InChI=1S/C34H54O11/c1-9-33(5,6)42-16-24-28(38)29(39)30(40)32(44-24)45-31-26-22(17(2)14-35)12-25(43-19(4)36)34(26,7)13-23-20(15-41-8)10-11-21(23)18(3)27(31)37/h9,13,17-18,20-21,24-25,27-32,35,37-40H,1,10-12,14-16H2,2-8H3/t17-,18+,20+,21-,24+,25-,27+,28+,29-,30-,31+,32+,34-/m0/s1. The van der Waals surface area contributed by atoms with Crippen molar-refractivity contribution in [2.45, 2.75) is 115 Å². The van der Waals surface area contributed by atoms with Gasteiger partial charge in [-0.2, -0.15) is 0 Å². The summed E-state index contributed by atoms with van der Waals surface area (Å²) in [5.74, 6) is -0.970. The van der Waals surface area contributed by atoms with Gasteiger partial charge in [0.25, 0.3) is 0 Å². The maximum Gasteiger partial charge on any atom is 0.302 e. The molecule has 0 radical (unpaired) electrons. The van der Waals surface area contributed by atoms with Crippen LogP contribution in [0.15, 0.2) is 35.5 Å². The van der Waals surface area contributed by atoms with Crippen molar-refractivity contribution >= 4 is 5.97 Å².